The van der Waals surface area contributed by atoms with Crippen molar-refractivity contribution < 1.29 is 14.0 Å². The molecule has 2 N–H and O–H groups in total. The minimum atomic E-state index is -0.0891. The molecule has 2 unspecified atom stereocenters. The average Bonchev–Trinajstić information content (AvgIpc) is 3.05. The van der Waals surface area contributed by atoms with E-state index in [9.17, 15) is 9.59 Å². The molecule has 6 heteroatoms. The summed E-state index contributed by atoms with van der Waals surface area (Å²) in [6.45, 7) is 6.80. The number of fused-ring (bicyclic) bond motifs is 1. The number of furan rings is 1. The van der Waals surface area contributed by atoms with E-state index in [4.69, 9.17) is 10.2 Å². The van der Waals surface area contributed by atoms with E-state index in [1.54, 1.807) is 11.8 Å². The van der Waals surface area contributed by atoms with Gasteiger partial charge >= 0.3 is 0 Å². The number of aryl methyl sites for hydroxylation is 2. The van der Waals surface area contributed by atoms with Gasteiger partial charge in [0.2, 0.25) is 0 Å². The van der Waals surface area contributed by atoms with E-state index in [0.29, 0.717) is 43.2 Å². The number of benzene rings is 1. The van der Waals surface area contributed by atoms with Crippen LogP contribution in [0.5, 0.6) is 0 Å². The molecule has 2 heterocycles. The lowest BCUT2D eigenvalue weighted by Gasteiger charge is -2.14. The number of halogens is 1. The zero-order chi connectivity index (χ0) is 17.4. The Labute approximate surface area is 153 Å². The smallest absolute Gasteiger partial charge is 0.289 e. The van der Waals surface area contributed by atoms with Gasteiger partial charge in [-0.3, -0.25) is 4.79 Å². The molecule has 2 atom stereocenters. The number of Topliss-reactive ketones (excluding diaryl/α,β-unsaturated/α-hetero) is 1. The number of carbonyl (C=O) groups is 2. The van der Waals surface area contributed by atoms with Gasteiger partial charge in [0, 0.05) is 36.5 Å². The Morgan fingerprint density at radius 3 is 2.64 bits per heavy atom. The average molecular weight is 365 g/mol. The molecule has 0 aliphatic carbocycles. The third kappa shape index (κ3) is 3.88. The summed E-state index contributed by atoms with van der Waals surface area (Å²) in [5.74, 6) is 0.787. The number of carbonyl (C=O) groups excluding carboxylic acids is 2. The molecule has 1 aliphatic rings. The molecule has 0 radical (unpaired) electrons. The van der Waals surface area contributed by atoms with Gasteiger partial charge in [-0.2, -0.15) is 0 Å². The van der Waals surface area contributed by atoms with Crippen LogP contribution in [0, 0.1) is 12.8 Å². The maximum absolute atomic E-state index is 12.8. The summed E-state index contributed by atoms with van der Waals surface area (Å²) in [5.41, 5.74) is 8.67. The highest BCUT2D eigenvalue weighted by Crippen LogP contribution is 2.29. The maximum Gasteiger partial charge on any atom is 0.289 e. The number of likely N-dealkylation sites (tertiary alicyclic amines) is 1. The van der Waals surface area contributed by atoms with Gasteiger partial charge in [0.1, 0.15) is 11.4 Å². The summed E-state index contributed by atoms with van der Waals surface area (Å²) in [5, 5.41) is 0.941. The minimum absolute atomic E-state index is 0. The monoisotopic (exact) mass is 364 g/mol. The molecule has 136 valence electrons. The molecule has 25 heavy (non-hydrogen) atoms. The number of hydrogen-bond donors (Lipinski definition) is 1. The van der Waals surface area contributed by atoms with Crippen molar-refractivity contribution in [3.8, 4) is 0 Å². The van der Waals surface area contributed by atoms with Crippen LogP contribution < -0.4 is 5.73 Å². The first-order valence-corrected chi connectivity index (χ1v) is 8.43. The van der Waals surface area contributed by atoms with Crippen LogP contribution in [0.2, 0.25) is 0 Å². The van der Waals surface area contributed by atoms with Crippen molar-refractivity contribution in [3.05, 3.63) is 35.1 Å². The predicted molar refractivity (Wildman–Crippen MR) is 100 cm³/mol. The van der Waals surface area contributed by atoms with Crippen LogP contribution in [-0.2, 0) is 11.2 Å². The fraction of sp³-hybridized carbons (Fsp3) is 0.474. The molecule has 2 aromatic rings. The number of nitrogens with two attached hydrogens (primary N) is 1. The van der Waals surface area contributed by atoms with Crippen molar-refractivity contribution in [1.29, 1.82) is 0 Å². The van der Waals surface area contributed by atoms with Crippen molar-refractivity contribution in [1.82, 2.24) is 4.90 Å². The van der Waals surface area contributed by atoms with Crippen LogP contribution in [0.25, 0.3) is 11.0 Å². The molecule has 1 aliphatic heterocycles. The molecular weight excluding hydrogens is 340 g/mol. The Balaban J connectivity index is 0.00000225. The Morgan fingerprint density at radius 1 is 1.32 bits per heavy atom. The van der Waals surface area contributed by atoms with Gasteiger partial charge in [-0.25, -0.2) is 0 Å². The van der Waals surface area contributed by atoms with Crippen LogP contribution >= 0.6 is 12.4 Å². The molecule has 3 rings (SSSR count). The molecular formula is C19H25ClN2O3. The van der Waals surface area contributed by atoms with Gasteiger partial charge in [-0.05, 0) is 43.9 Å². The molecule has 0 bridgehead atoms. The van der Waals surface area contributed by atoms with Crippen molar-refractivity contribution in [2.24, 2.45) is 11.7 Å². The highest BCUT2D eigenvalue weighted by molar-refractivity contribution is 5.99. The maximum atomic E-state index is 12.8. The summed E-state index contributed by atoms with van der Waals surface area (Å²) >= 11 is 0. The first kappa shape index (κ1) is 19.5. The van der Waals surface area contributed by atoms with E-state index in [0.717, 1.165) is 16.5 Å². The predicted octanol–water partition coefficient (Wildman–Crippen LogP) is 3.10. The zero-order valence-corrected chi connectivity index (χ0v) is 15.7. The second kappa shape index (κ2) is 7.58. The van der Waals surface area contributed by atoms with Crippen LogP contribution in [-0.4, -0.2) is 35.7 Å². The van der Waals surface area contributed by atoms with E-state index >= 15 is 0 Å². The number of rotatable bonds is 4. The quantitative estimate of drug-likeness (QED) is 0.904. The summed E-state index contributed by atoms with van der Waals surface area (Å²) < 4.78 is 5.83. The first-order valence-electron chi connectivity index (χ1n) is 8.43. The first-order chi connectivity index (χ1) is 11.4. The number of nitrogens with zero attached hydrogens (tertiary/aromatic N) is 1. The zero-order valence-electron chi connectivity index (χ0n) is 14.9. The Hall–Kier alpha value is -1.85. The van der Waals surface area contributed by atoms with E-state index < -0.39 is 0 Å². The van der Waals surface area contributed by atoms with Gasteiger partial charge in [0.05, 0.1) is 0 Å². The molecule has 0 saturated carbocycles. The molecule has 1 aromatic heterocycles. The molecule has 1 fully saturated rings. The lowest BCUT2D eigenvalue weighted by atomic mass is 10.0. The summed E-state index contributed by atoms with van der Waals surface area (Å²) in [6.07, 6.45) is 1.23. The summed E-state index contributed by atoms with van der Waals surface area (Å²) in [6, 6.07) is 5.88. The number of ketones is 1. The van der Waals surface area contributed by atoms with Gasteiger partial charge in [-0.15, -0.1) is 12.4 Å². The number of amides is 1. The summed E-state index contributed by atoms with van der Waals surface area (Å²) in [4.78, 5) is 25.7. The fourth-order valence-electron chi connectivity index (χ4n) is 3.25. The van der Waals surface area contributed by atoms with E-state index in [1.165, 1.54) is 0 Å². The van der Waals surface area contributed by atoms with Crippen molar-refractivity contribution in [2.75, 3.05) is 13.1 Å². The van der Waals surface area contributed by atoms with Crippen molar-refractivity contribution >= 4 is 35.1 Å². The van der Waals surface area contributed by atoms with Crippen LogP contribution in [0.4, 0.5) is 0 Å². The van der Waals surface area contributed by atoms with Crippen molar-refractivity contribution in [3.63, 3.8) is 0 Å². The van der Waals surface area contributed by atoms with Crippen LogP contribution in [0.3, 0.4) is 0 Å². The minimum Gasteiger partial charge on any atom is -0.451 e. The normalized spacial score (nSPS) is 19.9. The highest BCUT2D eigenvalue weighted by Gasteiger charge is 2.32. The highest BCUT2D eigenvalue weighted by atomic mass is 35.5. The fourth-order valence-corrected chi connectivity index (χ4v) is 3.25. The van der Waals surface area contributed by atoms with Crippen LogP contribution in [0.1, 0.15) is 41.9 Å². The van der Waals surface area contributed by atoms with Crippen LogP contribution in [0.15, 0.2) is 22.6 Å². The number of hydrogen-bond acceptors (Lipinski definition) is 4. The summed E-state index contributed by atoms with van der Waals surface area (Å²) in [7, 11) is 0. The molecule has 1 aromatic carbocycles. The van der Waals surface area contributed by atoms with Crippen molar-refractivity contribution in [2.45, 2.75) is 39.7 Å². The van der Waals surface area contributed by atoms with Gasteiger partial charge in [0.25, 0.3) is 5.91 Å². The van der Waals surface area contributed by atoms with E-state index in [-0.39, 0.29) is 30.1 Å². The molecule has 1 saturated heterocycles. The Kier molecular flexibility index (Phi) is 5.91. The van der Waals surface area contributed by atoms with E-state index in [2.05, 4.69) is 6.92 Å². The van der Waals surface area contributed by atoms with Gasteiger partial charge in [0.15, 0.2) is 5.76 Å². The molecule has 5 nitrogen and oxygen atoms in total. The Bertz CT molecular complexity index is 789. The second-order valence-corrected chi connectivity index (χ2v) is 6.94. The SMILES string of the molecule is CC(=O)CCc1ccc2oc(C(=O)N3CC(C)C(N)C3)c(C)c2c1.Cl. The lowest BCUT2D eigenvalue weighted by molar-refractivity contribution is -0.116. The van der Waals surface area contributed by atoms with Gasteiger partial charge in [-0.1, -0.05) is 13.0 Å². The third-order valence-corrected chi connectivity index (χ3v) is 4.92. The van der Waals surface area contributed by atoms with E-state index in [1.807, 2.05) is 25.1 Å². The molecule has 1 amide bonds. The third-order valence-electron chi connectivity index (χ3n) is 4.92. The van der Waals surface area contributed by atoms with Gasteiger partial charge < -0.3 is 19.8 Å². The standard InChI is InChI=1S/C19H24N2O3.ClH/c1-11-9-21(10-16(11)20)19(23)18-13(3)15-8-14(5-4-12(2)22)6-7-17(15)24-18;/h6-8,11,16H,4-5,9-10,20H2,1-3H3;1H. The Morgan fingerprint density at radius 2 is 2.04 bits per heavy atom. The molecule has 0 spiro atoms. The topological polar surface area (TPSA) is 76.5 Å². The largest absolute Gasteiger partial charge is 0.451 e. The lowest BCUT2D eigenvalue weighted by Crippen LogP contribution is -2.32. The second-order valence-electron chi connectivity index (χ2n) is 6.94.